The number of carbonyl (C=O) groups excluding carboxylic acids is 2. The van der Waals surface area contributed by atoms with Gasteiger partial charge in [-0.25, -0.2) is 0 Å². The van der Waals surface area contributed by atoms with E-state index < -0.39 is 0 Å². The fourth-order valence-electron chi connectivity index (χ4n) is 3.45. The van der Waals surface area contributed by atoms with Crippen molar-refractivity contribution in [1.82, 2.24) is 4.90 Å². The van der Waals surface area contributed by atoms with Crippen LogP contribution in [0.3, 0.4) is 0 Å². The number of hydrogen-bond acceptors (Lipinski definition) is 5. The highest BCUT2D eigenvalue weighted by molar-refractivity contribution is 7.14. The minimum Gasteiger partial charge on any atom is -0.495 e. The topological polar surface area (TPSA) is 55.8 Å². The van der Waals surface area contributed by atoms with Crippen LogP contribution in [0.25, 0.3) is 0 Å². The molecular weight excluding hydrogens is 314 g/mol. The van der Waals surface area contributed by atoms with Gasteiger partial charge in [0.1, 0.15) is 10.6 Å². The van der Waals surface area contributed by atoms with Crippen molar-refractivity contribution >= 4 is 23.2 Å². The standard InChI is InChI=1S/C17H23NO4S/c1-3-22-17(20)11-7-9-18(10-8-11)16(19)15-14(21-2)12-5-4-6-13(12)23-15/h11H,3-10H2,1-2H3. The van der Waals surface area contributed by atoms with Crippen molar-refractivity contribution < 1.29 is 19.1 Å². The smallest absolute Gasteiger partial charge is 0.309 e. The largest absolute Gasteiger partial charge is 0.495 e. The first-order chi connectivity index (χ1) is 11.2. The molecule has 23 heavy (non-hydrogen) atoms. The van der Waals surface area contributed by atoms with Crippen LogP contribution in [0.2, 0.25) is 0 Å². The lowest BCUT2D eigenvalue weighted by Crippen LogP contribution is -2.40. The molecule has 0 N–H and O–H groups in total. The Bertz CT molecular complexity index is 602. The number of piperidine rings is 1. The van der Waals surface area contributed by atoms with E-state index >= 15 is 0 Å². The molecule has 5 nitrogen and oxygen atoms in total. The number of carbonyl (C=O) groups is 2. The molecule has 0 bridgehead atoms. The first kappa shape index (κ1) is 16.3. The summed E-state index contributed by atoms with van der Waals surface area (Å²) >= 11 is 1.58. The first-order valence-corrected chi connectivity index (χ1v) is 9.11. The van der Waals surface area contributed by atoms with Crippen LogP contribution >= 0.6 is 11.3 Å². The summed E-state index contributed by atoms with van der Waals surface area (Å²) < 4.78 is 10.6. The summed E-state index contributed by atoms with van der Waals surface area (Å²) in [5, 5.41) is 0. The third kappa shape index (κ3) is 3.09. The zero-order valence-electron chi connectivity index (χ0n) is 13.7. The Morgan fingerprint density at radius 2 is 2.00 bits per heavy atom. The molecule has 1 aromatic heterocycles. The van der Waals surface area contributed by atoms with Gasteiger partial charge in [0.05, 0.1) is 19.6 Å². The SMILES string of the molecule is CCOC(=O)C1CCN(C(=O)c2sc3c(c2OC)CCC3)CC1. The molecule has 1 fully saturated rings. The molecule has 2 heterocycles. The number of esters is 1. The minimum absolute atomic E-state index is 0.0450. The van der Waals surface area contributed by atoms with Gasteiger partial charge in [0, 0.05) is 23.5 Å². The van der Waals surface area contributed by atoms with E-state index in [0.717, 1.165) is 29.9 Å². The summed E-state index contributed by atoms with van der Waals surface area (Å²) in [6, 6.07) is 0. The number of thiophene rings is 1. The molecule has 0 atom stereocenters. The zero-order chi connectivity index (χ0) is 16.4. The Kier molecular flexibility index (Phi) is 4.90. The molecule has 3 rings (SSSR count). The molecule has 0 spiro atoms. The number of amides is 1. The summed E-state index contributed by atoms with van der Waals surface area (Å²) in [4.78, 5) is 28.5. The second-order valence-corrected chi connectivity index (χ2v) is 7.14. The molecule has 2 aliphatic rings. The summed E-state index contributed by atoms with van der Waals surface area (Å²) in [5.41, 5.74) is 1.22. The lowest BCUT2D eigenvalue weighted by atomic mass is 9.97. The number of ether oxygens (including phenoxy) is 2. The molecule has 1 amide bonds. The summed E-state index contributed by atoms with van der Waals surface area (Å²) in [7, 11) is 1.64. The number of nitrogens with zero attached hydrogens (tertiary/aromatic N) is 1. The van der Waals surface area contributed by atoms with Crippen LogP contribution in [0, 0.1) is 5.92 Å². The quantitative estimate of drug-likeness (QED) is 0.793. The van der Waals surface area contributed by atoms with Gasteiger partial charge in [0.15, 0.2) is 0 Å². The van der Waals surface area contributed by atoms with Crippen LogP contribution in [0.15, 0.2) is 0 Å². The fourth-order valence-corrected chi connectivity index (χ4v) is 4.78. The van der Waals surface area contributed by atoms with Gasteiger partial charge in [-0.2, -0.15) is 0 Å². The van der Waals surface area contributed by atoms with Crippen molar-refractivity contribution in [3.8, 4) is 5.75 Å². The van der Waals surface area contributed by atoms with E-state index in [1.807, 2.05) is 11.8 Å². The number of likely N-dealkylation sites (tertiary alicyclic amines) is 1. The maximum atomic E-state index is 12.8. The molecule has 0 unspecified atom stereocenters. The van der Waals surface area contributed by atoms with Crippen molar-refractivity contribution in [2.75, 3.05) is 26.8 Å². The van der Waals surface area contributed by atoms with Crippen molar-refractivity contribution in [2.24, 2.45) is 5.92 Å². The Hall–Kier alpha value is -1.56. The van der Waals surface area contributed by atoms with Gasteiger partial charge in [-0.05, 0) is 39.0 Å². The third-order valence-electron chi connectivity index (χ3n) is 4.67. The van der Waals surface area contributed by atoms with Crippen molar-refractivity contribution in [2.45, 2.75) is 39.0 Å². The van der Waals surface area contributed by atoms with E-state index in [9.17, 15) is 9.59 Å². The van der Waals surface area contributed by atoms with Gasteiger partial charge in [0.2, 0.25) is 0 Å². The Morgan fingerprint density at radius 3 is 2.65 bits per heavy atom. The van der Waals surface area contributed by atoms with E-state index in [2.05, 4.69) is 0 Å². The highest BCUT2D eigenvalue weighted by Crippen LogP contribution is 2.41. The van der Waals surface area contributed by atoms with Gasteiger partial charge in [-0.15, -0.1) is 11.3 Å². The summed E-state index contributed by atoms with van der Waals surface area (Å²) in [6.07, 6.45) is 4.56. The molecular formula is C17H23NO4S. The highest BCUT2D eigenvalue weighted by Gasteiger charge is 2.32. The normalized spacial score (nSPS) is 17.9. The maximum absolute atomic E-state index is 12.8. The number of fused-ring (bicyclic) bond motifs is 1. The van der Waals surface area contributed by atoms with Crippen LogP contribution in [0.1, 0.15) is 46.3 Å². The Morgan fingerprint density at radius 1 is 1.26 bits per heavy atom. The second kappa shape index (κ2) is 6.91. The van der Waals surface area contributed by atoms with Crippen molar-refractivity contribution in [3.05, 3.63) is 15.3 Å². The van der Waals surface area contributed by atoms with Crippen LogP contribution in [0.5, 0.6) is 5.75 Å². The highest BCUT2D eigenvalue weighted by atomic mass is 32.1. The number of aryl methyl sites for hydroxylation is 1. The van der Waals surface area contributed by atoms with Crippen LogP contribution in [-0.4, -0.2) is 43.6 Å². The van der Waals surface area contributed by atoms with Gasteiger partial charge in [-0.3, -0.25) is 9.59 Å². The number of rotatable bonds is 4. The molecule has 1 saturated heterocycles. The van der Waals surface area contributed by atoms with Gasteiger partial charge in [-0.1, -0.05) is 0 Å². The van der Waals surface area contributed by atoms with E-state index in [-0.39, 0.29) is 17.8 Å². The Balaban J connectivity index is 1.67. The predicted molar refractivity (Wildman–Crippen MR) is 88.2 cm³/mol. The van der Waals surface area contributed by atoms with Gasteiger partial charge >= 0.3 is 5.97 Å². The Labute approximate surface area is 140 Å². The van der Waals surface area contributed by atoms with Gasteiger partial charge < -0.3 is 14.4 Å². The average Bonchev–Trinajstić information content (AvgIpc) is 3.15. The zero-order valence-corrected chi connectivity index (χ0v) is 14.5. The van der Waals surface area contributed by atoms with Crippen LogP contribution in [-0.2, 0) is 22.4 Å². The molecule has 126 valence electrons. The summed E-state index contributed by atoms with van der Waals surface area (Å²) in [5.74, 6) is 0.616. The fraction of sp³-hybridized carbons (Fsp3) is 0.647. The third-order valence-corrected chi connectivity index (χ3v) is 5.93. The van der Waals surface area contributed by atoms with Crippen LogP contribution in [0.4, 0.5) is 0 Å². The van der Waals surface area contributed by atoms with E-state index in [0.29, 0.717) is 32.5 Å². The molecule has 0 saturated carbocycles. The predicted octanol–water partition coefficient (Wildman–Crippen LogP) is 2.66. The molecule has 6 heteroatoms. The lowest BCUT2D eigenvalue weighted by Gasteiger charge is -2.30. The molecule has 1 aliphatic heterocycles. The van der Waals surface area contributed by atoms with Gasteiger partial charge in [0.25, 0.3) is 5.91 Å². The van der Waals surface area contributed by atoms with Crippen molar-refractivity contribution in [1.29, 1.82) is 0 Å². The van der Waals surface area contributed by atoms with Crippen molar-refractivity contribution in [3.63, 3.8) is 0 Å². The molecule has 1 aromatic rings. The van der Waals surface area contributed by atoms with E-state index in [4.69, 9.17) is 9.47 Å². The second-order valence-electron chi connectivity index (χ2n) is 6.04. The first-order valence-electron chi connectivity index (χ1n) is 8.30. The molecule has 1 aliphatic carbocycles. The maximum Gasteiger partial charge on any atom is 0.309 e. The minimum atomic E-state index is -0.132. The average molecular weight is 337 g/mol. The van der Waals surface area contributed by atoms with Crippen LogP contribution < -0.4 is 4.74 Å². The number of methoxy groups -OCH3 is 1. The van der Waals surface area contributed by atoms with E-state index in [1.54, 1.807) is 18.4 Å². The summed E-state index contributed by atoms with van der Waals surface area (Å²) in [6.45, 7) is 3.44. The molecule has 0 aromatic carbocycles. The monoisotopic (exact) mass is 337 g/mol. The lowest BCUT2D eigenvalue weighted by molar-refractivity contribution is -0.149. The molecule has 0 radical (unpaired) electrons. The number of hydrogen-bond donors (Lipinski definition) is 0. The van der Waals surface area contributed by atoms with E-state index in [1.165, 1.54) is 10.4 Å².